The molecule has 6 heteroatoms. The molecule has 2 heterocycles. The molecule has 2 aromatic carbocycles. The summed E-state index contributed by atoms with van der Waals surface area (Å²) >= 11 is 0. The summed E-state index contributed by atoms with van der Waals surface area (Å²) in [5.41, 5.74) is 10.3. The molecule has 0 unspecified atom stereocenters. The maximum atomic E-state index is 6.43. The summed E-state index contributed by atoms with van der Waals surface area (Å²) in [4.78, 5) is 4.16. The van der Waals surface area contributed by atoms with Crippen LogP contribution < -0.4 is 10.5 Å². The van der Waals surface area contributed by atoms with Gasteiger partial charge in [0.2, 0.25) is 0 Å². The Hall–Kier alpha value is -2.83. The van der Waals surface area contributed by atoms with E-state index in [-0.39, 0.29) is 6.10 Å². The van der Waals surface area contributed by atoms with Crippen LogP contribution in [0.2, 0.25) is 0 Å². The van der Waals surface area contributed by atoms with Gasteiger partial charge in [-0.1, -0.05) is 23.8 Å². The minimum Gasteiger partial charge on any atom is -0.491 e. The number of aromatic nitrogens is 2. The van der Waals surface area contributed by atoms with Crippen molar-refractivity contribution in [1.29, 1.82) is 0 Å². The number of nitrogen functional groups attached to an aromatic ring is 1. The average Bonchev–Trinajstić information content (AvgIpc) is 3.38. The SMILES string of the molecule is Cc1ccc(CC[C@]2(Cn3ccnc3)OC[C@@H](COc3ccc(N)cc3)O2)c(C)c1. The summed E-state index contributed by atoms with van der Waals surface area (Å²) in [5, 5.41) is 0. The molecule has 4 rings (SSSR count). The van der Waals surface area contributed by atoms with Crippen molar-refractivity contribution in [2.45, 2.75) is 45.1 Å². The van der Waals surface area contributed by atoms with Crippen molar-refractivity contribution < 1.29 is 14.2 Å². The zero-order valence-electron chi connectivity index (χ0n) is 17.6. The molecule has 0 radical (unpaired) electrons. The summed E-state index contributed by atoms with van der Waals surface area (Å²) in [5.74, 6) is 0.0721. The molecular weight excluding hydrogens is 378 g/mol. The Morgan fingerprint density at radius 1 is 1.20 bits per heavy atom. The molecule has 2 N–H and O–H groups in total. The van der Waals surface area contributed by atoms with Gasteiger partial charge in [-0.15, -0.1) is 0 Å². The first kappa shape index (κ1) is 20.4. The number of hydrogen-bond donors (Lipinski definition) is 1. The van der Waals surface area contributed by atoms with E-state index in [1.165, 1.54) is 16.7 Å². The highest BCUT2D eigenvalue weighted by Gasteiger charge is 2.42. The summed E-state index contributed by atoms with van der Waals surface area (Å²) in [6.07, 6.45) is 7.01. The van der Waals surface area contributed by atoms with Crippen molar-refractivity contribution in [3.05, 3.63) is 77.9 Å². The molecule has 0 saturated carbocycles. The van der Waals surface area contributed by atoms with Gasteiger partial charge < -0.3 is 24.5 Å². The summed E-state index contributed by atoms with van der Waals surface area (Å²) in [6.45, 7) is 5.79. The van der Waals surface area contributed by atoms with Crippen molar-refractivity contribution in [3.8, 4) is 5.75 Å². The Kier molecular flexibility index (Phi) is 6.06. The molecular formula is C24H29N3O3. The van der Waals surface area contributed by atoms with Gasteiger partial charge >= 0.3 is 0 Å². The van der Waals surface area contributed by atoms with E-state index in [4.69, 9.17) is 19.9 Å². The van der Waals surface area contributed by atoms with Gasteiger partial charge in [0.15, 0.2) is 5.79 Å². The molecule has 0 spiro atoms. The third kappa shape index (κ3) is 5.01. The van der Waals surface area contributed by atoms with Crippen LogP contribution in [-0.2, 0) is 22.4 Å². The zero-order chi connectivity index (χ0) is 21.0. The maximum absolute atomic E-state index is 6.43. The van der Waals surface area contributed by atoms with Crippen molar-refractivity contribution in [3.63, 3.8) is 0 Å². The quantitative estimate of drug-likeness (QED) is 0.573. The monoisotopic (exact) mass is 407 g/mol. The fourth-order valence-corrected chi connectivity index (χ4v) is 3.85. The molecule has 6 nitrogen and oxygen atoms in total. The van der Waals surface area contributed by atoms with Gasteiger partial charge in [0.25, 0.3) is 0 Å². The molecule has 1 saturated heterocycles. The highest BCUT2D eigenvalue weighted by Crippen LogP contribution is 2.32. The summed E-state index contributed by atoms with van der Waals surface area (Å²) < 4.78 is 20.6. The number of aryl methyl sites for hydroxylation is 3. The summed E-state index contributed by atoms with van der Waals surface area (Å²) in [6, 6.07) is 14.0. The van der Waals surface area contributed by atoms with Gasteiger partial charge in [0, 0.05) is 24.5 Å². The first-order valence-corrected chi connectivity index (χ1v) is 10.3. The van der Waals surface area contributed by atoms with Crippen LogP contribution in [0.4, 0.5) is 5.69 Å². The van der Waals surface area contributed by atoms with Crippen LogP contribution in [0.5, 0.6) is 5.75 Å². The first-order valence-electron chi connectivity index (χ1n) is 10.3. The Morgan fingerprint density at radius 3 is 2.77 bits per heavy atom. The molecule has 0 amide bonds. The second-order valence-corrected chi connectivity index (χ2v) is 8.01. The van der Waals surface area contributed by atoms with Gasteiger partial charge in [-0.25, -0.2) is 4.98 Å². The molecule has 1 aliphatic heterocycles. The normalized spacial score (nSPS) is 21.1. The van der Waals surface area contributed by atoms with Crippen molar-refractivity contribution >= 4 is 5.69 Å². The lowest BCUT2D eigenvalue weighted by atomic mass is 9.98. The lowest BCUT2D eigenvalue weighted by Gasteiger charge is -2.29. The molecule has 30 heavy (non-hydrogen) atoms. The number of rotatable bonds is 8. The molecule has 2 atom stereocenters. The van der Waals surface area contributed by atoms with E-state index < -0.39 is 5.79 Å². The molecule has 1 aromatic heterocycles. The number of hydrogen-bond acceptors (Lipinski definition) is 5. The fourth-order valence-electron chi connectivity index (χ4n) is 3.85. The van der Waals surface area contributed by atoms with Gasteiger partial charge in [-0.2, -0.15) is 0 Å². The summed E-state index contributed by atoms with van der Waals surface area (Å²) in [7, 11) is 0. The van der Waals surface area contributed by atoms with Crippen LogP contribution in [0.1, 0.15) is 23.1 Å². The van der Waals surface area contributed by atoms with E-state index in [9.17, 15) is 0 Å². The Morgan fingerprint density at radius 2 is 2.03 bits per heavy atom. The Balaban J connectivity index is 1.42. The predicted octanol–water partition coefficient (Wildman–Crippen LogP) is 3.91. The van der Waals surface area contributed by atoms with Crippen molar-refractivity contribution in [2.24, 2.45) is 0 Å². The fraction of sp³-hybridized carbons (Fsp3) is 0.375. The molecule has 3 aromatic rings. The van der Waals surface area contributed by atoms with Crippen LogP contribution in [0, 0.1) is 13.8 Å². The third-order valence-corrected chi connectivity index (χ3v) is 5.49. The van der Waals surface area contributed by atoms with Crippen LogP contribution in [-0.4, -0.2) is 34.7 Å². The Bertz CT molecular complexity index is 956. The van der Waals surface area contributed by atoms with Crippen LogP contribution in [0.25, 0.3) is 0 Å². The molecule has 0 aliphatic carbocycles. The van der Waals surface area contributed by atoms with E-state index >= 15 is 0 Å². The first-order chi connectivity index (χ1) is 14.5. The number of nitrogens with two attached hydrogens (primary N) is 1. The number of nitrogens with zero attached hydrogens (tertiary/aromatic N) is 2. The molecule has 158 valence electrons. The highest BCUT2D eigenvalue weighted by molar-refractivity contribution is 5.41. The smallest absolute Gasteiger partial charge is 0.187 e. The lowest BCUT2D eigenvalue weighted by Crippen LogP contribution is -2.37. The third-order valence-electron chi connectivity index (χ3n) is 5.49. The van der Waals surface area contributed by atoms with E-state index in [0.29, 0.717) is 25.4 Å². The zero-order valence-corrected chi connectivity index (χ0v) is 17.6. The second kappa shape index (κ2) is 8.90. The minimum atomic E-state index is -0.701. The van der Waals surface area contributed by atoms with Crippen LogP contribution >= 0.6 is 0 Å². The standard InChI is InChI=1S/C24H29N3O3/c1-18-3-4-20(19(2)13-18)9-10-24(16-27-12-11-26-17-27)29-15-23(30-24)14-28-22-7-5-21(25)6-8-22/h3-8,11-13,17,23H,9-10,14-16,25H2,1-2H3/t23-,24+/m1/s1. The van der Waals surface area contributed by atoms with Crippen molar-refractivity contribution in [2.75, 3.05) is 18.9 Å². The minimum absolute atomic E-state index is 0.134. The average molecular weight is 408 g/mol. The van der Waals surface area contributed by atoms with Crippen LogP contribution in [0.15, 0.2) is 61.2 Å². The second-order valence-electron chi connectivity index (χ2n) is 8.01. The molecule has 1 aliphatic rings. The highest BCUT2D eigenvalue weighted by atomic mass is 16.8. The van der Waals surface area contributed by atoms with Gasteiger partial charge in [0.1, 0.15) is 18.5 Å². The Labute approximate surface area is 177 Å². The van der Waals surface area contributed by atoms with E-state index in [0.717, 1.165) is 18.6 Å². The number of ether oxygens (including phenoxy) is 3. The van der Waals surface area contributed by atoms with Gasteiger partial charge in [0.05, 0.1) is 19.5 Å². The van der Waals surface area contributed by atoms with E-state index in [1.54, 1.807) is 12.5 Å². The topological polar surface area (TPSA) is 71.5 Å². The largest absolute Gasteiger partial charge is 0.491 e. The maximum Gasteiger partial charge on any atom is 0.187 e. The van der Waals surface area contributed by atoms with E-state index in [2.05, 4.69) is 37.0 Å². The number of imidazole rings is 1. The lowest BCUT2D eigenvalue weighted by molar-refractivity contribution is -0.184. The predicted molar refractivity (Wildman–Crippen MR) is 116 cm³/mol. The number of benzene rings is 2. The van der Waals surface area contributed by atoms with E-state index in [1.807, 2.05) is 35.0 Å². The van der Waals surface area contributed by atoms with Gasteiger partial charge in [-0.05, 0) is 55.7 Å². The molecule has 0 bridgehead atoms. The van der Waals surface area contributed by atoms with Gasteiger partial charge in [-0.3, -0.25) is 0 Å². The van der Waals surface area contributed by atoms with Crippen LogP contribution in [0.3, 0.4) is 0 Å². The molecule has 1 fully saturated rings. The van der Waals surface area contributed by atoms with Crippen molar-refractivity contribution in [1.82, 2.24) is 9.55 Å². The number of anilines is 1.